The van der Waals surface area contributed by atoms with Gasteiger partial charge in [0.05, 0.1) is 11.8 Å². The molecule has 0 saturated carbocycles. The summed E-state index contributed by atoms with van der Waals surface area (Å²) in [6, 6.07) is 17.2. The van der Waals surface area contributed by atoms with Crippen molar-refractivity contribution in [2.45, 2.75) is 38.0 Å². The summed E-state index contributed by atoms with van der Waals surface area (Å²) in [5.74, 6) is 1.55. The first kappa shape index (κ1) is 16.1. The molecule has 1 aliphatic rings. The topological polar surface area (TPSA) is 29.1 Å². The molecule has 1 N–H and O–H groups in total. The van der Waals surface area contributed by atoms with E-state index in [1.54, 1.807) is 11.8 Å². The van der Waals surface area contributed by atoms with Gasteiger partial charge in [0.1, 0.15) is 0 Å². The number of hydrogen-bond acceptors (Lipinski definition) is 2. The summed E-state index contributed by atoms with van der Waals surface area (Å²) in [5.41, 5.74) is 5.23. The van der Waals surface area contributed by atoms with Crippen molar-refractivity contribution in [1.29, 1.82) is 0 Å². The first-order valence-corrected chi connectivity index (χ1v) is 9.38. The lowest BCUT2D eigenvalue weighted by atomic mass is 9.88. The summed E-state index contributed by atoms with van der Waals surface area (Å²) >= 11 is 1.68. The molecular weight excluding hydrogens is 302 g/mol. The number of benzene rings is 2. The molecule has 0 spiro atoms. The number of aryl methyl sites for hydroxylation is 2. The summed E-state index contributed by atoms with van der Waals surface area (Å²) in [5, 5.41) is 3.21. The lowest BCUT2D eigenvalue weighted by Crippen LogP contribution is -2.32. The molecule has 2 aromatic rings. The van der Waals surface area contributed by atoms with Gasteiger partial charge in [-0.2, -0.15) is 0 Å². The number of thioether (sulfide) groups is 1. The summed E-state index contributed by atoms with van der Waals surface area (Å²) in [6.45, 7) is 2.09. The molecule has 0 heterocycles. The third-order valence-corrected chi connectivity index (χ3v) is 5.33. The van der Waals surface area contributed by atoms with Crippen molar-refractivity contribution in [2.75, 3.05) is 5.75 Å². The van der Waals surface area contributed by atoms with Crippen LogP contribution in [0.3, 0.4) is 0 Å². The van der Waals surface area contributed by atoms with Crippen LogP contribution in [0.4, 0.5) is 0 Å². The second-order valence-electron chi connectivity index (χ2n) is 6.19. The number of nitrogens with one attached hydrogen (secondary N) is 1. The molecule has 1 atom stereocenters. The van der Waals surface area contributed by atoms with Crippen molar-refractivity contribution >= 4 is 17.7 Å². The van der Waals surface area contributed by atoms with Crippen molar-refractivity contribution < 1.29 is 4.79 Å². The quantitative estimate of drug-likeness (QED) is 0.881. The molecule has 0 bridgehead atoms. The predicted molar refractivity (Wildman–Crippen MR) is 97.6 cm³/mol. The summed E-state index contributed by atoms with van der Waals surface area (Å²) < 4.78 is 0. The molecule has 0 radical (unpaired) electrons. The standard InChI is InChI=1S/C20H23NOS/c1-15-9-11-16(12-10-15)13-23-14-20(22)21-19-8-4-6-17-5-2-3-7-18(17)19/h2-3,5,7,9-12,19H,4,6,8,13-14H2,1H3,(H,21,22). The number of hydrogen-bond donors (Lipinski definition) is 1. The highest BCUT2D eigenvalue weighted by Gasteiger charge is 2.21. The molecule has 3 rings (SSSR count). The lowest BCUT2D eigenvalue weighted by molar-refractivity contribution is -0.119. The van der Waals surface area contributed by atoms with Crippen molar-refractivity contribution in [1.82, 2.24) is 5.32 Å². The van der Waals surface area contributed by atoms with Crippen molar-refractivity contribution in [3.8, 4) is 0 Å². The van der Waals surface area contributed by atoms with E-state index >= 15 is 0 Å². The van der Waals surface area contributed by atoms with Gasteiger partial charge >= 0.3 is 0 Å². The highest BCUT2D eigenvalue weighted by molar-refractivity contribution is 7.99. The fourth-order valence-corrected chi connectivity index (χ4v) is 3.88. The summed E-state index contributed by atoms with van der Waals surface area (Å²) in [4.78, 5) is 12.2. The van der Waals surface area contributed by atoms with E-state index in [4.69, 9.17) is 0 Å². The Bertz CT molecular complexity index is 666. The second-order valence-corrected chi connectivity index (χ2v) is 7.18. The Labute approximate surface area is 142 Å². The Morgan fingerprint density at radius 2 is 1.96 bits per heavy atom. The molecule has 0 aliphatic heterocycles. The first-order valence-electron chi connectivity index (χ1n) is 8.23. The second kappa shape index (κ2) is 7.69. The molecule has 1 amide bonds. The molecule has 3 heteroatoms. The van der Waals surface area contributed by atoms with Gasteiger partial charge in [-0.3, -0.25) is 4.79 Å². The monoisotopic (exact) mass is 325 g/mol. The van der Waals surface area contributed by atoms with Gasteiger partial charge in [-0.25, -0.2) is 0 Å². The molecule has 0 aromatic heterocycles. The van der Waals surface area contributed by atoms with E-state index in [0.717, 1.165) is 25.0 Å². The normalized spacial score (nSPS) is 16.7. The van der Waals surface area contributed by atoms with Crippen LogP contribution in [0.2, 0.25) is 0 Å². The minimum Gasteiger partial charge on any atom is -0.349 e. The van der Waals surface area contributed by atoms with E-state index in [1.165, 1.54) is 22.3 Å². The maximum absolute atomic E-state index is 12.2. The summed E-state index contributed by atoms with van der Waals surface area (Å²) in [7, 11) is 0. The van der Waals surface area contributed by atoms with E-state index in [1.807, 2.05) is 0 Å². The van der Waals surface area contributed by atoms with Crippen LogP contribution in [0, 0.1) is 6.92 Å². The predicted octanol–water partition coefficient (Wildman–Crippen LogP) is 4.42. The van der Waals surface area contributed by atoms with Gasteiger partial charge in [-0.05, 0) is 42.9 Å². The molecule has 23 heavy (non-hydrogen) atoms. The Morgan fingerprint density at radius 3 is 2.78 bits per heavy atom. The van der Waals surface area contributed by atoms with E-state index in [0.29, 0.717) is 5.75 Å². The van der Waals surface area contributed by atoms with Gasteiger partial charge in [0, 0.05) is 5.75 Å². The number of amides is 1. The van der Waals surface area contributed by atoms with Gasteiger partial charge in [0.2, 0.25) is 5.91 Å². The van der Waals surface area contributed by atoms with E-state index < -0.39 is 0 Å². The largest absolute Gasteiger partial charge is 0.349 e. The van der Waals surface area contributed by atoms with Gasteiger partial charge in [-0.15, -0.1) is 11.8 Å². The average Bonchev–Trinajstić information content (AvgIpc) is 2.57. The molecule has 120 valence electrons. The highest BCUT2D eigenvalue weighted by atomic mass is 32.2. The van der Waals surface area contributed by atoms with Crippen molar-refractivity contribution in [3.63, 3.8) is 0 Å². The number of carbonyl (C=O) groups is 1. The highest BCUT2D eigenvalue weighted by Crippen LogP contribution is 2.29. The van der Waals surface area contributed by atoms with Crippen LogP contribution in [-0.4, -0.2) is 11.7 Å². The Morgan fingerprint density at radius 1 is 1.17 bits per heavy atom. The minimum atomic E-state index is 0.142. The molecule has 0 saturated heterocycles. The van der Waals surface area contributed by atoms with Gasteiger partial charge in [-0.1, -0.05) is 54.1 Å². The lowest BCUT2D eigenvalue weighted by Gasteiger charge is -2.26. The maximum atomic E-state index is 12.2. The van der Waals surface area contributed by atoms with Crippen molar-refractivity contribution in [2.24, 2.45) is 0 Å². The Hall–Kier alpha value is -1.74. The fraction of sp³-hybridized carbons (Fsp3) is 0.350. The molecule has 2 aromatic carbocycles. The third kappa shape index (κ3) is 4.38. The minimum absolute atomic E-state index is 0.142. The van der Waals surface area contributed by atoms with Gasteiger partial charge in [0.25, 0.3) is 0 Å². The maximum Gasteiger partial charge on any atom is 0.230 e. The number of carbonyl (C=O) groups excluding carboxylic acids is 1. The van der Waals surface area contributed by atoms with Crippen LogP contribution in [-0.2, 0) is 17.0 Å². The zero-order valence-corrected chi connectivity index (χ0v) is 14.4. The average molecular weight is 325 g/mol. The SMILES string of the molecule is Cc1ccc(CSCC(=O)NC2CCCc3ccccc32)cc1. The smallest absolute Gasteiger partial charge is 0.230 e. The Balaban J connectivity index is 1.49. The van der Waals surface area contributed by atoms with E-state index in [9.17, 15) is 4.79 Å². The summed E-state index contributed by atoms with van der Waals surface area (Å²) in [6.07, 6.45) is 3.33. The molecule has 1 unspecified atom stereocenters. The van der Waals surface area contributed by atoms with Gasteiger partial charge < -0.3 is 5.32 Å². The molecule has 0 fully saturated rings. The van der Waals surface area contributed by atoms with E-state index in [2.05, 4.69) is 60.8 Å². The van der Waals surface area contributed by atoms with Crippen LogP contribution in [0.25, 0.3) is 0 Å². The molecule has 2 nitrogen and oxygen atoms in total. The zero-order valence-electron chi connectivity index (χ0n) is 13.5. The molecule has 1 aliphatic carbocycles. The van der Waals surface area contributed by atoms with Crippen molar-refractivity contribution in [3.05, 3.63) is 70.8 Å². The van der Waals surface area contributed by atoms with Crippen LogP contribution in [0.15, 0.2) is 48.5 Å². The number of rotatable bonds is 5. The number of fused-ring (bicyclic) bond motifs is 1. The van der Waals surface area contributed by atoms with Crippen LogP contribution < -0.4 is 5.32 Å². The first-order chi connectivity index (χ1) is 11.2. The van der Waals surface area contributed by atoms with Crippen LogP contribution >= 0.6 is 11.8 Å². The van der Waals surface area contributed by atoms with Crippen LogP contribution in [0.5, 0.6) is 0 Å². The van der Waals surface area contributed by atoms with Gasteiger partial charge in [0.15, 0.2) is 0 Å². The Kier molecular flexibility index (Phi) is 5.39. The molecular formula is C20H23NOS. The third-order valence-electron chi connectivity index (χ3n) is 4.33. The van der Waals surface area contributed by atoms with Crippen LogP contribution in [0.1, 0.15) is 41.1 Å². The fourth-order valence-electron chi connectivity index (χ4n) is 3.09. The van der Waals surface area contributed by atoms with E-state index in [-0.39, 0.29) is 11.9 Å². The zero-order chi connectivity index (χ0) is 16.1.